The molecular weight excluding hydrogens is 352 g/mol. The number of thiazole rings is 1. The SMILES string of the molecule is O=C(CN1CCCC(n2ncc(N3CCC3)cc2=O)C1)Nc1nccs1. The van der Waals surface area contributed by atoms with E-state index >= 15 is 0 Å². The number of rotatable bonds is 5. The van der Waals surface area contributed by atoms with Crippen molar-refractivity contribution >= 4 is 28.1 Å². The van der Waals surface area contributed by atoms with E-state index in [-0.39, 0.29) is 17.5 Å². The van der Waals surface area contributed by atoms with Gasteiger partial charge in [0.1, 0.15) is 0 Å². The van der Waals surface area contributed by atoms with E-state index in [0.29, 0.717) is 18.2 Å². The van der Waals surface area contributed by atoms with Gasteiger partial charge in [0.05, 0.1) is 24.5 Å². The van der Waals surface area contributed by atoms with Gasteiger partial charge in [-0.2, -0.15) is 5.10 Å². The molecule has 4 heterocycles. The topological polar surface area (TPSA) is 83.4 Å². The van der Waals surface area contributed by atoms with Crippen molar-refractivity contribution in [3.8, 4) is 0 Å². The minimum absolute atomic E-state index is 0.00866. The van der Waals surface area contributed by atoms with Crippen LogP contribution >= 0.6 is 11.3 Å². The van der Waals surface area contributed by atoms with Gasteiger partial charge in [0.2, 0.25) is 5.91 Å². The van der Waals surface area contributed by atoms with Gasteiger partial charge in [-0.25, -0.2) is 9.67 Å². The summed E-state index contributed by atoms with van der Waals surface area (Å²) in [6.45, 7) is 3.80. The molecule has 0 spiro atoms. The predicted molar refractivity (Wildman–Crippen MR) is 101 cm³/mol. The zero-order valence-corrected chi connectivity index (χ0v) is 15.3. The third-order valence-electron chi connectivity index (χ3n) is 4.91. The molecule has 0 saturated carbocycles. The molecule has 0 aromatic carbocycles. The highest BCUT2D eigenvalue weighted by atomic mass is 32.1. The van der Waals surface area contributed by atoms with Crippen molar-refractivity contribution in [2.75, 3.05) is 42.9 Å². The summed E-state index contributed by atoms with van der Waals surface area (Å²) in [6, 6.07) is 1.69. The Morgan fingerprint density at radius 3 is 2.88 bits per heavy atom. The Balaban J connectivity index is 1.38. The maximum absolute atomic E-state index is 12.5. The first-order valence-electron chi connectivity index (χ1n) is 8.94. The van der Waals surface area contributed by atoms with Crippen LogP contribution in [0.1, 0.15) is 25.3 Å². The molecule has 138 valence electrons. The van der Waals surface area contributed by atoms with Gasteiger partial charge in [0.15, 0.2) is 5.13 Å². The predicted octanol–water partition coefficient (Wildman–Crippen LogP) is 1.19. The molecule has 4 rings (SSSR count). The number of hydrogen-bond donors (Lipinski definition) is 1. The first kappa shape index (κ1) is 17.2. The van der Waals surface area contributed by atoms with Gasteiger partial charge < -0.3 is 10.2 Å². The zero-order valence-electron chi connectivity index (χ0n) is 14.5. The van der Waals surface area contributed by atoms with E-state index in [4.69, 9.17) is 0 Å². The third kappa shape index (κ3) is 3.78. The number of nitrogens with zero attached hydrogens (tertiary/aromatic N) is 5. The first-order chi connectivity index (χ1) is 12.7. The highest BCUT2D eigenvalue weighted by molar-refractivity contribution is 7.13. The fourth-order valence-electron chi connectivity index (χ4n) is 3.45. The monoisotopic (exact) mass is 374 g/mol. The summed E-state index contributed by atoms with van der Waals surface area (Å²) in [7, 11) is 0. The average Bonchev–Trinajstić information content (AvgIpc) is 3.06. The number of carbonyl (C=O) groups is 1. The average molecular weight is 374 g/mol. The molecule has 2 aliphatic rings. The Morgan fingerprint density at radius 2 is 2.19 bits per heavy atom. The number of hydrogen-bond acceptors (Lipinski definition) is 7. The lowest BCUT2D eigenvalue weighted by molar-refractivity contribution is -0.117. The Hall–Kier alpha value is -2.26. The van der Waals surface area contributed by atoms with Gasteiger partial charge in [-0.05, 0) is 25.8 Å². The minimum Gasteiger partial charge on any atom is -0.370 e. The molecule has 0 aliphatic carbocycles. The Bertz CT molecular complexity index is 817. The number of aromatic nitrogens is 3. The fourth-order valence-corrected chi connectivity index (χ4v) is 4.00. The minimum atomic E-state index is -0.0750. The smallest absolute Gasteiger partial charge is 0.269 e. The van der Waals surface area contributed by atoms with Gasteiger partial charge in [0, 0.05) is 37.3 Å². The van der Waals surface area contributed by atoms with Crippen LogP contribution in [0.2, 0.25) is 0 Å². The van der Waals surface area contributed by atoms with Crippen molar-refractivity contribution in [1.82, 2.24) is 19.7 Å². The van der Waals surface area contributed by atoms with Crippen molar-refractivity contribution < 1.29 is 4.79 Å². The van der Waals surface area contributed by atoms with Gasteiger partial charge in [-0.1, -0.05) is 0 Å². The molecule has 2 aliphatic heterocycles. The summed E-state index contributed by atoms with van der Waals surface area (Å²) >= 11 is 1.40. The second kappa shape index (κ2) is 7.55. The molecule has 1 amide bonds. The molecule has 2 saturated heterocycles. The molecule has 9 heteroatoms. The lowest BCUT2D eigenvalue weighted by atomic mass is 10.1. The second-order valence-corrected chi connectivity index (χ2v) is 7.65. The van der Waals surface area contributed by atoms with E-state index in [1.807, 2.05) is 5.38 Å². The van der Waals surface area contributed by atoms with E-state index in [1.54, 1.807) is 23.1 Å². The van der Waals surface area contributed by atoms with Gasteiger partial charge in [-0.3, -0.25) is 14.5 Å². The molecule has 2 aromatic heterocycles. The number of likely N-dealkylation sites (tertiary alicyclic amines) is 1. The summed E-state index contributed by atoms with van der Waals surface area (Å²) in [5.41, 5.74) is 0.849. The summed E-state index contributed by atoms with van der Waals surface area (Å²) in [5.74, 6) is -0.0750. The van der Waals surface area contributed by atoms with Gasteiger partial charge in [-0.15, -0.1) is 11.3 Å². The maximum Gasteiger partial charge on any atom is 0.269 e. The van der Waals surface area contributed by atoms with Gasteiger partial charge in [0.25, 0.3) is 5.56 Å². The summed E-state index contributed by atoms with van der Waals surface area (Å²) in [6.07, 6.45) is 6.47. The highest BCUT2D eigenvalue weighted by Crippen LogP contribution is 2.21. The molecule has 26 heavy (non-hydrogen) atoms. The second-order valence-electron chi connectivity index (χ2n) is 6.75. The number of nitrogens with one attached hydrogen (secondary N) is 1. The van der Waals surface area contributed by atoms with Crippen LogP contribution in [0.5, 0.6) is 0 Å². The van der Waals surface area contributed by atoms with Crippen molar-refractivity contribution in [2.24, 2.45) is 0 Å². The quantitative estimate of drug-likeness (QED) is 0.846. The van der Waals surface area contributed by atoms with Crippen molar-refractivity contribution in [3.05, 3.63) is 34.2 Å². The van der Waals surface area contributed by atoms with E-state index in [9.17, 15) is 9.59 Å². The van der Waals surface area contributed by atoms with Crippen LogP contribution in [0.25, 0.3) is 0 Å². The molecule has 8 nitrogen and oxygen atoms in total. The van der Waals surface area contributed by atoms with E-state index in [0.717, 1.165) is 38.2 Å². The van der Waals surface area contributed by atoms with E-state index in [2.05, 4.69) is 25.2 Å². The number of anilines is 2. The van der Waals surface area contributed by atoms with Crippen molar-refractivity contribution in [1.29, 1.82) is 0 Å². The van der Waals surface area contributed by atoms with Crippen LogP contribution in [-0.4, -0.2) is 58.3 Å². The zero-order chi connectivity index (χ0) is 17.9. The lowest BCUT2D eigenvalue weighted by Crippen LogP contribution is -2.44. The summed E-state index contributed by atoms with van der Waals surface area (Å²) in [4.78, 5) is 33.0. The lowest BCUT2D eigenvalue weighted by Gasteiger charge is -2.34. The molecule has 0 bridgehead atoms. The molecule has 1 N–H and O–H groups in total. The van der Waals surface area contributed by atoms with Crippen LogP contribution in [0.15, 0.2) is 28.6 Å². The van der Waals surface area contributed by atoms with Gasteiger partial charge >= 0.3 is 0 Å². The van der Waals surface area contributed by atoms with Crippen molar-refractivity contribution in [2.45, 2.75) is 25.3 Å². The molecular formula is C17H22N6O2S. The fraction of sp³-hybridized carbons (Fsp3) is 0.529. The first-order valence-corrected chi connectivity index (χ1v) is 9.82. The maximum atomic E-state index is 12.5. The number of amides is 1. The Labute approximate surface area is 155 Å². The standard InChI is InChI=1S/C17H22N6O2S/c24-15(20-17-18-4-8-26-17)12-21-5-1-3-13(11-21)23-16(25)9-14(10-19-23)22-6-2-7-22/h4,8-10,13H,1-3,5-7,11-12H2,(H,18,20,24). The van der Waals surface area contributed by atoms with Crippen LogP contribution in [0.3, 0.4) is 0 Å². The van der Waals surface area contributed by atoms with Crippen LogP contribution < -0.4 is 15.8 Å². The van der Waals surface area contributed by atoms with Crippen molar-refractivity contribution in [3.63, 3.8) is 0 Å². The Kier molecular flexibility index (Phi) is 4.98. The van der Waals surface area contributed by atoms with Crippen LogP contribution in [0.4, 0.5) is 10.8 Å². The summed E-state index contributed by atoms with van der Waals surface area (Å²) in [5, 5.41) is 9.65. The molecule has 1 unspecified atom stereocenters. The third-order valence-corrected chi connectivity index (χ3v) is 5.59. The molecule has 1 atom stereocenters. The number of carbonyl (C=O) groups excluding carboxylic acids is 1. The highest BCUT2D eigenvalue weighted by Gasteiger charge is 2.25. The summed E-state index contributed by atoms with van der Waals surface area (Å²) < 4.78 is 1.58. The van der Waals surface area contributed by atoms with E-state index in [1.165, 1.54) is 17.8 Å². The number of piperidine rings is 1. The van der Waals surface area contributed by atoms with E-state index < -0.39 is 0 Å². The van der Waals surface area contributed by atoms with Crippen LogP contribution in [0, 0.1) is 0 Å². The Morgan fingerprint density at radius 1 is 1.31 bits per heavy atom. The molecule has 2 fully saturated rings. The normalized spacial score (nSPS) is 20.6. The van der Waals surface area contributed by atoms with Crippen LogP contribution in [-0.2, 0) is 4.79 Å². The molecule has 2 aromatic rings. The largest absolute Gasteiger partial charge is 0.370 e. The molecule has 0 radical (unpaired) electrons.